The van der Waals surface area contributed by atoms with Crippen LogP contribution in [0, 0.1) is 0 Å². The van der Waals surface area contributed by atoms with Crippen LogP contribution in [0.15, 0.2) is 24.3 Å². The van der Waals surface area contributed by atoms with Gasteiger partial charge in [-0.15, -0.1) is 10.2 Å². The first-order chi connectivity index (χ1) is 7.58. The van der Waals surface area contributed by atoms with Crippen molar-refractivity contribution in [1.82, 2.24) is 10.2 Å². The molecule has 0 spiro atoms. The van der Waals surface area contributed by atoms with Crippen molar-refractivity contribution in [3.05, 3.63) is 44.5 Å². The van der Waals surface area contributed by atoms with E-state index in [1.165, 1.54) is 6.07 Å². The van der Waals surface area contributed by atoms with E-state index in [9.17, 15) is 0 Å². The molecule has 1 heterocycles. The fraction of sp³-hybridized carbons (Fsp3) is 0. The maximum Gasteiger partial charge on any atom is 0.153 e. The quantitative estimate of drug-likeness (QED) is 0.758. The van der Waals surface area contributed by atoms with Crippen LogP contribution in [-0.4, -0.2) is 10.2 Å². The smallest absolute Gasteiger partial charge is 0.147 e. The summed E-state index contributed by atoms with van der Waals surface area (Å²) in [5.41, 5.74) is 1.26. The van der Waals surface area contributed by atoms with Gasteiger partial charge in [-0.3, -0.25) is 0 Å². The lowest BCUT2D eigenvalue weighted by Crippen LogP contribution is -1.89. The summed E-state index contributed by atoms with van der Waals surface area (Å²) in [4.78, 5) is 0. The molecule has 0 aliphatic carbocycles. The zero-order valence-corrected chi connectivity index (χ0v) is 10.7. The first-order valence-electron chi connectivity index (χ1n) is 4.22. The van der Waals surface area contributed by atoms with Gasteiger partial charge in [0, 0.05) is 5.56 Å². The Hall–Kier alpha value is -0.540. The van der Waals surface area contributed by atoms with Gasteiger partial charge in [0.05, 0.1) is 15.1 Å². The first kappa shape index (κ1) is 11.9. The second-order valence-corrected chi connectivity index (χ2v) is 4.60. The van der Waals surface area contributed by atoms with Crippen molar-refractivity contribution >= 4 is 46.4 Å². The Bertz CT molecular complexity index is 542. The zero-order valence-electron chi connectivity index (χ0n) is 7.72. The van der Waals surface area contributed by atoms with E-state index in [-0.39, 0.29) is 5.15 Å². The Morgan fingerprint density at radius 1 is 0.750 bits per heavy atom. The third-order valence-electron chi connectivity index (χ3n) is 1.91. The summed E-state index contributed by atoms with van der Waals surface area (Å²) in [5.74, 6) is 0. The number of halogens is 4. The summed E-state index contributed by atoms with van der Waals surface area (Å²) in [6.45, 7) is 0. The van der Waals surface area contributed by atoms with Gasteiger partial charge in [-0.25, -0.2) is 0 Å². The molecule has 0 saturated heterocycles. The molecule has 6 heteroatoms. The Morgan fingerprint density at radius 2 is 1.50 bits per heavy atom. The van der Waals surface area contributed by atoms with Gasteiger partial charge < -0.3 is 0 Å². The molecule has 0 aliphatic rings. The van der Waals surface area contributed by atoms with Crippen LogP contribution in [0.25, 0.3) is 11.3 Å². The first-order valence-corrected chi connectivity index (χ1v) is 5.73. The van der Waals surface area contributed by atoms with Crippen LogP contribution >= 0.6 is 46.4 Å². The Morgan fingerprint density at radius 3 is 2.12 bits per heavy atom. The van der Waals surface area contributed by atoms with Crippen molar-refractivity contribution in [3.63, 3.8) is 0 Å². The van der Waals surface area contributed by atoms with Crippen LogP contribution in [0.4, 0.5) is 0 Å². The van der Waals surface area contributed by atoms with Crippen molar-refractivity contribution in [3.8, 4) is 11.3 Å². The summed E-state index contributed by atoms with van der Waals surface area (Å²) in [6.07, 6.45) is 0. The van der Waals surface area contributed by atoms with Crippen molar-refractivity contribution in [2.75, 3.05) is 0 Å². The van der Waals surface area contributed by atoms with Gasteiger partial charge in [0.1, 0.15) is 5.69 Å². The van der Waals surface area contributed by atoms with Gasteiger partial charge in [0.15, 0.2) is 5.15 Å². The molecule has 0 fully saturated rings. The molecule has 2 aromatic rings. The lowest BCUT2D eigenvalue weighted by molar-refractivity contribution is 1.04. The third kappa shape index (κ3) is 2.41. The summed E-state index contributed by atoms with van der Waals surface area (Å²) in [6, 6.07) is 6.63. The Balaban J connectivity index is 2.54. The van der Waals surface area contributed by atoms with Gasteiger partial charge in [-0.1, -0.05) is 52.5 Å². The number of benzene rings is 1. The van der Waals surface area contributed by atoms with E-state index < -0.39 is 0 Å². The molecule has 0 amide bonds. The second-order valence-electron chi connectivity index (χ2n) is 2.99. The molecule has 2 rings (SSSR count). The van der Waals surface area contributed by atoms with Gasteiger partial charge in [-0.05, 0) is 18.2 Å². The predicted molar refractivity (Wildman–Crippen MR) is 67.5 cm³/mol. The summed E-state index contributed by atoms with van der Waals surface area (Å²) >= 11 is 23.4. The lowest BCUT2D eigenvalue weighted by atomic mass is 10.1. The molecule has 0 unspecified atom stereocenters. The minimum Gasteiger partial charge on any atom is -0.147 e. The van der Waals surface area contributed by atoms with Crippen LogP contribution in [0.2, 0.25) is 20.2 Å². The molecule has 1 aromatic heterocycles. The van der Waals surface area contributed by atoms with Gasteiger partial charge in [0.25, 0.3) is 0 Å². The minimum atomic E-state index is 0.244. The molecule has 0 aliphatic heterocycles. The fourth-order valence-corrected chi connectivity index (χ4v) is 1.94. The highest BCUT2D eigenvalue weighted by Gasteiger charge is 2.08. The summed E-state index contributed by atoms with van der Waals surface area (Å²) in [5, 5.41) is 9.20. The highest BCUT2D eigenvalue weighted by molar-refractivity contribution is 6.42. The van der Waals surface area contributed by atoms with E-state index in [2.05, 4.69) is 10.2 Å². The highest BCUT2D eigenvalue weighted by atomic mass is 35.5. The van der Waals surface area contributed by atoms with Gasteiger partial charge in [-0.2, -0.15) is 0 Å². The van der Waals surface area contributed by atoms with E-state index in [0.717, 1.165) is 5.56 Å². The predicted octanol–water partition coefficient (Wildman–Crippen LogP) is 4.76. The molecule has 0 atom stereocenters. The Kier molecular flexibility index (Phi) is 3.55. The molecule has 0 radical (unpaired) electrons. The standard InChI is InChI=1S/C10H4Cl4N2/c11-6-2-1-5(3-7(6)12)10-8(13)4-9(14)15-16-10/h1-4H. The molecular weight excluding hydrogens is 290 g/mol. The van der Waals surface area contributed by atoms with Gasteiger partial charge >= 0.3 is 0 Å². The van der Waals surface area contributed by atoms with Crippen LogP contribution in [0.1, 0.15) is 0 Å². The van der Waals surface area contributed by atoms with E-state index in [4.69, 9.17) is 46.4 Å². The number of nitrogens with zero attached hydrogens (tertiary/aromatic N) is 2. The van der Waals surface area contributed by atoms with E-state index >= 15 is 0 Å². The maximum atomic E-state index is 5.99. The average Bonchev–Trinajstić information content (AvgIpc) is 2.22. The zero-order chi connectivity index (χ0) is 11.7. The molecule has 1 aromatic carbocycles. The SMILES string of the molecule is Clc1cc(Cl)c(-c2ccc(Cl)c(Cl)c2)nn1. The maximum absolute atomic E-state index is 5.99. The number of rotatable bonds is 1. The molecule has 2 nitrogen and oxygen atoms in total. The number of hydrogen-bond acceptors (Lipinski definition) is 2. The monoisotopic (exact) mass is 292 g/mol. The lowest BCUT2D eigenvalue weighted by Gasteiger charge is -2.04. The summed E-state index contributed by atoms with van der Waals surface area (Å²) in [7, 11) is 0. The average molecular weight is 294 g/mol. The third-order valence-corrected chi connectivity index (χ3v) is 3.12. The normalized spacial score (nSPS) is 10.5. The van der Waals surface area contributed by atoms with E-state index in [0.29, 0.717) is 20.8 Å². The summed E-state index contributed by atoms with van der Waals surface area (Å²) < 4.78 is 0. The number of hydrogen-bond donors (Lipinski definition) is 0. The fourth-order valence-electron chi connectivity index (χ4n) is 1.19. The van der Waals surface area contributed by atoms with Crippen LogP contribution in [0.3, 0.4) is 0 Å². The number of aromatic nitrogens is 2. The van der Waals surface area contributed by atoms with Crippen LogP contribution in [-0.2, 0) is 0 Å². The van der Waals surface area contributed by atoms with Crippen LogP contribution in [0.5, 0.6) is 0 Å². The van der Waals surface area contributed by atoms with E-state index in [1.807, 2.05) is 0 Å². The van der Waals surface area contributed by atoms with Crippen molar-refractivity contribution < 1.29 is 0 Å². The molecule has 0 saturated carbocycles. The molecule has 0 N–H and O–H groups in total. The second kappa shape index (κ2) is 4.76. The molecular formula is C10H4Cl4N2. The Labute approximate surface area is 112 Å². The molecule has 82 valence electrons. The minimum absolute atomic E-state index is 0.244. The van der Waals surface area contributed by atoms with E-state index in [1.54, 1.807) is 18.2 Å². The largest absolute Gasteiger partial charge is 0.153 e. The molecule has 0 bridgehead atoms. The highest BCUT2D eigenvalue weighted by Crippen LogP contribution is 2.31. The van der Waals surface area contributed by atoms with Crippen molar-refractivity contribution in [2.45, 2.75) is 0 Å². The topological polar surface area (TPSA) is 25.8 Å². The van der Waals surface area contributed by atoms with Crippen molar-refractivity contribution in [1.29, 1.82) is 0 Å². The molecule has 16 heavy (non-hydrogen) atoms. The van der Waals surface area contributed by atoms with Crippen molar-refractivity contribution in [2.24, 2.45) is 0 Å². The van der Waals surface area contributed by atoms with Crippen LogP contribution < -0.4 is 0 Å². The van der Waals surface area contributed by atoms with Gasteiger partial charge in [0.2, 0.25) is 0 Å².